The summed E-state index contributed by atoms with van der Waals surface area (Å²) in [6.45, 7) is 19.8. The maximum atomic E-state index is 8.55. The van der Waals surface area contributed by atoms with Crippen molar-refractivity contribution in [3.63, 3.8) is 0 Å². The van der Waals surface area contributed by atoms with Gasteiger partial charge in [-0.15, -0.1) is 54.1 Å². The molecule has 0 saturated carbocycles. The number of aliphatic imine (C=N–C) groups is 1. The van der Waals surface area contributed by atoms with Crippen molar-refractivity contribution in [1.29, 1.82) is 0 Å². The summed E-state index contributed by atoms with van der Waals surface area (Å²) in [6.07, 6.45) is 0.528. The van der Waals surface area contributed by atoms with Gasteiger partial charge in [0.25, 0.3) is 0 Å². The van der Waals surface area contributed by atoms with Crippen LogP contribution in [0, 0.1) is 18.1 Å². The van der Waals surface area contributed by atoms with E-state index in [1.165, 1.54) is 33.4 Å². The first-order chi connectivity index (χ1) is 29.6. The average Bonchev–Trinajstić information content (AvgIpc) is 3.85. The molecule has 0 aliphatic carbocycles. The van der Waals surface area contributed by atoms with E-state index < -0.39 is 14.4 Å². The van der Waals surface area contributed by atoms with E-state index >= 15 is 0 Å². The van der Waals surface area contributed by atoms with Crippen LogP contribution in [0.1, 0.15) is 95.4 Å². The van der Waals surface area contributed by atoms with E-state index in [-0.39, 0.29) is 31.9 Å². The molecule has 2 aromatic heterocycles. The molecule has 0 bridgehead atoms. The van der Waals surface area contributed by atoms with Crippen molar-refractivity contribution < 1.29 is 27.3 Å². The number of hydrogen-bond acceptors (Lipinski definition) is 3. The minimum absolute atomic E-state index is 0. The molecule has 1 aliphatic heterocycles. The van der Waals surface area contributed by atoms with Crippen LogP contribution < -0.4 is 5.19 Å². The maximum absolute atomic E-state index is 8.55. The Balaban J connectivity index is 0.000000221. The van der Waals surface area contributed by atoms with Crippen molar-refractivity contribution in [2.45, 2.75) is 85.3 Å². The molecule has 0 spiro atoms. The smallest absolute Gasteiger partial charge is 0.120 e. The molecule has 0 N–H and O–H groups in total. The van der Waals surface area contributed by atoms with E-state index in [2.05, 4.69) is 149 Å². The molecule has 5 heteroatoms. The van der Waals surface area contributed by atoms with Crippen molar-refractivity contribution in [1.82, 2.24) is 4.98 Å². The fourth-order valence-corrected chi connectivity index (χ4v) is 9.92. The third-order valence-corrected chi connectivity index (χ3v) is 13.4. The number of benzene rings is 6. The van der Waals surface area contributed by atoms with Gasteiger partial charge in [0.05, 0.1) is 19.3 Å². The molecule has 1 atom stereocenters. The van der Waals surface area contributed by atoms with E-state index in [0.29, 0.717) is 11.8 Å². The van der Waals surface area contributed by atoms with Crippen molar-refractivity contribution in [3.05, 3.63) is 185 Å². The number of aromatic nitrogens is 1. The van der Waals surface area contributed by atoms with E-state index in [1.54, 1.807) is 0 Å². The van der Waals surface area contributed by atoms with Gasteiger partial charge in [-0.05, 0) is 86.2 Å². The maximum Gasteiger partial charge on any atom is 0.120 e. The second kappa shape index (κ2) is 18.4. The number of nitrogens with zero attached hydrogens (tertiary/aromatic N) is 2. The minimum Gasteiger partial charge on any atom is -0.501 e. The Kier molecular flexibility index (Phi) is 12.4. The van der Waals surface area contributed by atoms with Crippen LogP contribution in [-0.2, 0) is 26.5 Å². The molecule has 1 aliphatic rings. The first-order valence-electron chi connectivity index (χ1n) is 22.4. The van der Waals surface area contributed by atoms with Crippen LogP contribution in [-0.4, -0.2) is 18.8 Å². The number of para-hydroxylation sites is 2. The van der Waals surface area contributed by atoms with Crippen LogP contribution in [0.3, 0.4) is 0 Å². The molecular weight excluding hydrogens is 937 g/mol. The quantitative estimate of drug-likeness (QED) is 0.107. The van der Waals surface area contributed by atoms with Crippen LogP contribution in [0.15, 0.2) is 149 Å². The zero-order valence-corrected chi connectivity index (χ0v) is 40.1. The molecule has 8 aromatic rings. The molecule has 311 valence electrons. The molecular formula is C56H56IrN2OSi-2. The van der Waals surface area contributed by atoms with Gasteiger partial charge in [0.1, 0.15) is 5.58 Å². The fourth-order valence-electron chi connectivity index (χ4n) is 8.52. The summed E-state index contributed by atoms with van der Waals surface area (Å²) >= 11 is 0. The zero-order valence-electron chi connectivity index (χ0n) is 38.7. The van der Waals surface area contributed by atoms with E-state index in [1.807, 2.05) is 68.6 Å². The van der Waals surface area contributed by atoms with Gasteiger partial charge >= 0.3 is 0 Å². The number of hydrogen-bond donors (Lipinski definition) is 0. The largest absolute Gasteiger partial charge is 0.501 e. The predicted octanol–water partition coefficient (Wildman–Crippen LogP) is 14.9. The van der Waals surface area contributed by atoms with Crippen LogP contribution in [0.4, 0.5) is 5.69 Å². The Morgan fingerprint density at radius 1 is 0.705 bits per heavy atom. The first kappa shape index (κ1) is 41.2. The number of pyridine rings is 1. The topological polar surface area (TPSA) is 38.4 Å². The Morgan fingerprint density at radius 3 is 2.05 bits per heavy atom. The van der Waals surface area contributed by atoms with Gasteiger partial charge in [0.2, 0.25) is 0 Å². The Hall–Kier alpha value is -5.19. The Labute approximate surface area is 380 Å². The van der Waals surface area contributed by atoms with Crippen LogP contribution in [0.25, 0.3) is 44.3 Å². The predicted molar refractivity (Wildman–Crippen MR) is 257 cm³/mol. The van der Waals surface area contributed by atoms with Gasteiger partial charge in [-0.2, -0.15) is 0 Å². The normalized spacial score (nSPS) is 14.4. The molecule has 1 unspecified atom stereocenters. The molecule has 3 heterocycles. The third kappa shape index (κ3) is 9.07. The number of fused-ring (bicyclic) bond motifs is 4. The molecule has 61 heavy (non-hydrogen) atoms. The second-order valence-corrected chi connectivity index (χ2v) is 22.9. The van der Waals surface area contributed by atoms with Gasteiger partial charge in [-0.25, -0.2) is 0 Å². The van der Waals surface area contributed by atoms with E-state index in [9.17, 15) is 0 Å². The molecule has 3 nitrogen and oxygen atoms in total. The van der Waals surface area contributed by atoms with Gasteiger partial charge in [0, 0.05) is 40.3 Å². The monoisotopic (exact) mass is 995 g/mol. The van der Waals surface area contributed by atoms with Crippen molar-refractivity contribution in [2.24, 2.45) is 10.9 Å². The van der Waals surface area contributed by atoms with Crippen molar-refractivity contribution in [3.8, 4) is 22.4 Å². The number of rotatable bonds is 9. The molecule has 9 rings (SSSR count). The molecule has 1 radical (unpaired) electrons. The van der Waals surface area contributed by atoms with Crippen LogP contribution in [0.2, 0.25) is 19.6 Å². The zero-order chi connectivity index (χ0) is 43.9. The summed E-state index contributed by atoms with van der Waals surface area (Å²) in [6, 6.07) is 52.9. The van der Waals surface area contributed by atoms with Crippen molar-refractivity contribution >= 4 is 46.6 Å². The van der Waals surface area contributed by atoms with Crippen LogP contribution >= 0.6 is 0 Å². The second-order valence-electron chi connectivity index (χ2n) is 17.9. The number of furan rings is 1. The van der Waals surface area contributed by atoms with Crippen molar-refractivity contribution in [2.75, 3.05) is 0 Å². The first-order valence-corrected chi connectivity index (χ1v) is 24.9. The van der Waals surface area contributed by atoms with Gasteiger partial charge in [-0.3, -0.25) is 4.99 Å². The van der Waals surface area contributed by atoms with Gasteiger partial charge in [0.15, 0.2) is 0 Å². The summed E-state index contributed by atoms with van der Waals surface area (Å²) < 4.78 is 23.6. The fraction of sp³-hybridized carbons (Fsp3) is 0.250. The summed E-state index contributed by atoms with van der Waals surface area (Å²) in [5.74, 6) is 0.593. The standard InChI is InChI=1S/C38H32NO.C18H24NSi.Ir/c1-23(2)31-21-26(25-13-6-5-7-14-25)22-32(24(3)4)35(31)36-29-16-8-10-19-33(29)39-37(36)30-18-12-17-28-27-15-9-11-20-34(27)40-38(28)30;1-14(2)11-16-12-17(15-9-7-6-8-10-15)19-13-18(16)20(3,4)5;/h5-17,19-24,36H,1-4H3;6-9,12-14H,11H2,1-5H3;/q2*-1;/i;11D2;. The Morgan fingerprint density at radius 2 is 1.38 bits per heavy atom. The average molecular weight is 995 g/mol. The summed E-state index contributed by atoms with van der Waals surface area (Å²) in [5, 5.41) is 3.33. The molecule has 0 fully saturated rings. The SMILES string of the molecule is CC(C)c1cc(-c2ccccc2)cc(C(C)C)c1C1C(c2[c-]ccc3c2oc2ccccc23)=Nc2ccccc21.[2H]C([2H])(c1cc(-c2[c-]cccc2)ncc1[Si](C)(C)C)C(C)C.[Ir]. The summed E-state index contributed by atoms with van der Waals surface area (Å²) in [7, 11) is -1.67. The van der Waals surface area contributed by atoms with Gasteiger partial charge < -0.3 is 9.40 Å². The molecule has 0 saturated heterocycles. The summed E-state index contributed by atoms with van der Waals surface area (Å²) in [5.41, 5.74) is 15.1. The molecule has 6 aromatic carbocycles. The third-order valence-electron chi connectivity index (χ3n) is 11.4. The van der Waals surface area contributed by atoms with E-state index in [4.69, 9.17) is 12.2 Å². The van der Waals surface area contributed by atoms with E-state index in [0.717, 1.165) is 60.9 Å². The van der Waals surface area contributed by atoms with Crippen LogP contribution in [0.5, 0.6) is 0 Å². The Bertz CT molecular complexity index is 2880. The minimum atomic E-state index is -1.67. The molecule has 0 amide bonds. The van der Waals surface area contributed by atoms with Gasteiger partial charge in [-0.1, -0.05) is 163 Å². The summed E-state index contributed by atoms with van der Waals surface area (Å²) in [4.78, 5) is 9.89.